The lowest BCUT2D eigenvalue weighted by molar-refractivity contribution is -0.137. The molecule has 178 valence electrons. The van der Waals surface area contributed by atoms with Crippen LogP contribution in [-0.4, -0.2) is 11.1 Å². The van der Waals surface area contributed by atoms with E-state index in [1.54, 1.807) is 78.9 Å². The Morgan fingerprint density at radius 1 is 0.714 bits per heavy atom. The molecule has 2 N–H and O–H groups in total. The van der Waals surface area contributed by atoms with Crippen LogP contribution >= 0.6 is 0 Å². The first-order valence-corrected chi connectivity index (χ1v) is 10.8. The van der Waals surface area contributed by atoms with Crippen LogP contribution in [0.3, 0.4) is 0 Å². The Morgan fingerprint density at radius 2 is 1.26 bits per heavy atom. The van der Waals surface area contributed by atoms with Crippen molar-refractivity contribution in [1.29, 1.82) is 0 Å². The number of halogens is 3. The number of carbonyl (C=O) groups is 1. The fourth-order valence-corrected chi connectivity index (χ4v) is 4.18. The van der Waals surface area contributed by atoms with E-state index in [9.17, 15) is 23.2 Å². The number of nitrogens with one attached hydrogen (secondary N) is 1. The van der Waals surface area contributed by atoms with Gasteiger partial charge in [0.05, 0.1) is 5.56 Å². The second-order valence-corrected chi connectivity index (χ2v) is 7.94. The molecule has 7 heteroatoms. The van der Waals surface area contributed by atoms with Crippen LogP contribution in [0, 0.1) is 0 Å². The molecule has 4 aromatic carbocycles. The molecular weight excluding hydrogens is 455 g/mol. The summed E-state index contributed by atoms with van der Waals surface area (Å²) >= 11 is 0. The van der Waals surface area contributed by atoms with Crippen molar-refractivity contribution in [3.63, 3.8) is 0 Å². The number of amides is 1. The van der Waals surface area contributed by atoms with Crippen LogP contribution in [0.15, 0.2) is 109 Å². The van der Waals surface area contributed by atoms with E-state index in [0.29, 0.717) is 28.0 Å². The standard InChI is InChI=1S/C28H22F3NO3/c29-28(30,31)24-15-7-9-20(17-24)19-35-25-16-8-14-23(18-25)27(26(33)32-34,21-10-3-1-4-11-21)22-12-5-2-6-13-22/h1-18,34H,19H2,(H,32,33). The SMILES string of the molecule is O=C(NO)C(c1ccccc1)(c1ccccc1)c1cccc(OCc2cccc(C(F)(F)F)c2)c1. The Kier molecular flexibility index (Phi) is 6.89. The number of hydroxylamine groups is 1. The second kappa shape index (κ2) is 10.0. The van der Waals surface area contributed by atoms with Crippen LogP contribution in [0.5, 0.6) is 5.75 Å². The quantitative estimate of drug-likeness (QED) is 0.191. The van der Waals surface area contributed by atoms with Crippen molar-refractivity contribution in [3.05, 3.63) is 137 Å². The van der Waals surface area contributed by atoms with Crippen LogP contribution in [0.4, 0.5) is 13.2 Å². The summed E-state index contributed by atoms with van der Waals surface area (Å²) in [7, 11) is 0. The van der Waals surface area contributed by atoms with Crippen LogP contribution in [0.1, 0.15) is 27.8 Å². The van der Waals surface area contributed by atoms with Gasteiger partial charge in [-0.25, -0.2) is 5.48 Å². The van der Waals surface area contributed by atoms with Gasteiger partial charge in [0.15, 0.2) is 0 Å². The van der Waals surface area contributed by atoms with Crippen molar-refractivity contribution < 1.29 is 27.9 Å². The maximum atomic E-state index is 13.3. The van der Waals surface area contributed by atoms with E-state index in [-0.39, 0.29) is 6.61 Å². The first kappa shape index (κ1) is 24.0. The average Bonchev–Trinajstić information content (AvgIpc) is 2.89. The molecule has 0 heterocycles. The average molecular weight is 477 g/mol. The first-order valence-electron chi connectivity index (χ1n) is 10.8. The molecule has 0 radical (unpaired) electrons. The van der Waals surface area contributed by atoms with Crippen molar-refractivity contribution >= 4 is 5.91 Å². The predicted molar refractivity (Wildman–Crippen MR) is 125 cm³/mol. The Morgan fingerprint density at radius 3 is 1.83 bits per heavy atom. The van der Waals surface area contributed by atoms with Crippen LogP contribution < -0.4 is 10.2 Å². The maximum absolute atomic E-state index is 13.3. The van der Waals surface area contributed by atoms with Crippen LogP contribution in [0.2, 0.25) is 0 Å². The van der Waals surface area contributed by atoms with Gasteiger partial charge in [-0.05, 0) is 46.5 Å². The Labute approximate surface area is 200 Å². The van der Waals surface area contributed by atoms with E-state index in [0.717, 1.165) is 12.1 Å². The normalized spacial score (nSPS) is 11.7. The van der Waals surface area contributed by atoms with Gasteiger partial charge in [-0.1, -0.05) is 84.9 Å². The van der Waals surface area contributed by atoms with Gasteiger partial charge in [0.1, 0.15) is 17.8 Å². The van der Waals surface area contributed by atoms with E-state index in [1.807, 2.05) is 17.6 Å². The summed E-state index contributed by atoms with van der Waals surface area (Å²) in [5.74, 6) is -0.299. The van der Waals surface area contributed by atoms with E-state index < -0.39 is 23.1 Å². The van der Waals surface area contributed by atoms with Gasteiger partial charge in [-0.2, -0.15) is 13.2 Å². The summed E-state index contributed by atoms with van der Waals surface area (Å²) in [6, 6.07) is 29.7. The number of ether oxygens (including phenoxy) is 1. The lowest BCUT2D eigenvalue weighted by Gasteiger charge is -2.33. The summed E-state index contributed by atoms with van der Waals surface area (Å²) in [5, 5.41) is 9.74. The fraction of sp³-hybridized carbons (Fsp3) is 0.107. The minimum Gasteiger partial charge on any atom is -0.489 e. The third-order valence-corrected chi connectivity index (χ3v) is 5.78. The van der Waals surface area contributed by atoms with Crippen molar-refractivity contribution in [3.8, 4) is 5.75 Å². The number of hydrogen-bond donors (Lipinski definition) is 2. The van der Waals surface area contributed by atoms with E-state index in [1.165, 1.54) is 6.07 Å². The molecule has 0 saturated carbocycles. The first-order chi connectivity index (χ1) is 16.9. The second-order valence-electron chi connectivity index (χ2n) is 7.94. The summed E-state index contributed by atoms with van der Waals surface area (Å²) in [6.07, 6.45) is -4.45. The molecule has 35 heavy (non-hydrogen) atoms. The van der Waals surface area contributed by atoms with Gasteiger partial charge in [0.2, 0.25) is 0 Å². The summed E-state index contributed by atoms with van der Waals surface area (Å²) in [4.78, 5) is 13.3. The number of benzene rings is 4. The molecule has 0 aliphatic heterocycles. The molecule has 0 aliphatic carbocycles. The topological polar surface area (TPSA) is 58.6 Å². The van der Waals surface area contributed by atoms with E-state index >= 15 is 0 Å². The highest BCUT2D eigenvalue weighted by atomic mass is 19.4. The molecule has 1 amide bonds. The highest BCUT2D eigenvalue weighted by Crippen LogP contribution is 2.40. The summed E-state index contributed by atoms with van der Waals surface area (Å²) in [6.45, 7) is -0.0940. The maximum Gasteiger partial charge on any atom is 0.416 e. The van der Waals surface area contributed by atoms with Crippen molar-refractivity contribution in [2.45, 2.75) is 18.2 Å². The molecule has 0 spiro atoms. The zero-order valence-corrected chi connectivity index (χ0v) is 18.5. The predicted octanol–water partition coefficient (Wildman–Crippen LogP) is 6.12. The third-order valence-electron chi connectivity index (χ3n) is 5.78. The van der Waals surface area contributed by atoms with E-state index in [4.69, 9.17) is 4.74 Å². The molecule has 0 aliphatic rings. The van der Waals surface area contributed by atoms with Gasteiger partial charge in [-0.3, -0.25) is 10.0 Å². The van der Waals surface area contributed by atoms with Gasteiger partial charge in [0, 0.05) is 0 Å². The lowest BCUT2D eigenvalue weighted by atomic mass is 9.69. The third kappa shape index (κ3) is 4.90. The molecular formula is C28H22F3NO3. The Bertz CT molecular complexity index is 1250. The lowest BCUT2D eigenvalue weighted by Crippen LogP contribution is -2.45. The van der Waals surface area contributed by atoms with Gasteiger partial charge < -0.3 is 4.74 Å². The zero-order valence-electron chi connectivity index (χ0n) is 18.5. The molecule has 0 bridgehead atoms. The summed E-state index contributed by atoms with van der Waals surface area (Å²) in [5.41, 5.74) is 1.76. The molecule has 4 aromatic rings. The van der Waals surface area contributed by atoms with Crippen molar-refractivity contribution in [1.82, 2.24) is 5.48 Å². The molecule has 0 aromatic heterocycles. The minimum absolute atomic E-state index is 0.0940. The Balaban J connectivity index is 1.76. The number of alkyl halides is 3. The monoisotopic (exact) mass is 477 g/mol. The number of hydrogen-bond acceptors (Lipinski definition) is 3. The highest BCUT2D eigenvalue weighted by Gasteiger charge is 2.44. The molecule has 0 atom stereocenters. The minimum atomic E-state index is -4.45. The van der Waals surface area contributed by atoms with Crippen LogP contribution in [-0.2, 0) is 23.0 Å². The smallest absolute Gasteiger partial charge is 0.416 e. The number of rotatable bonds is 7. The molecule has 4 rings (SSSR count). The molecule has 0 saturated heterocycles. The fourth-order valence-electron chi connectivity index (χ4n) is 4.18. The van der Waals surface area contributed by atoms with Crippen molar-refractivity contribution in [2.75, 3.05) is 0 Å². The number of carbonyl (C=O) groups excluding carboxylic acids is 1. The summed E-state index contributed by atoms with van der Waals surface area (Å²) < 4.78 is 45.0. The molecule has 4 nitrogen and oxygen atoms in total. The van der Waals surface area contributed by atoms with Crippen LogP contribution in [0.25, 0.3) is 0 Å². The van der Waals surface area contributed by atoms with Gasteiger partial charge >= 0.3 is 6.18 Å². The van der Waals surface area contributed by atoms with Crippen molar-refractivity contribution in [2.24, 2.45) is 0 Å². The van der Waals surface area contributed by atoms with E-state index in [2.05, 4.69) is 0 Å². The largest absolute Gasteiger partial charge is 0.489 e. The Hall–Kier alpha value is -4.10. The van der Waals surface area contributed by atoms with Gasteiger partial charge in [-0.15, -0.1) is 0 Å². The zero-order chi connectivity index (χ0) is 24.9. The molecule has 0 unspecified atom stereocenters. The molecule has 0 fully saturated rings. The van der Waals surface area contributed by atoms with Gasteiger partial charge in [0.25, 0.3) is 5.91 Å². The highest BCUT2D eigenvalue weighted by molar-refractivity contribution is 5.95.